The van der Waals surface area contributed by atoms with Crippen LogP contribution in [0.2, 0.25) is 0 Å². The van der Waals surface area contributed by atoms with E-state index >= 15 is 0 Å². The van der Waals surface area contributed by atoms with E-state index in [1.165, 1.54) is 6.07 Å². The van der Waals surface area contributed by atoms with E-state index in [4.69, 9.17) is 5.73 Å². The van der Waals surface area contributed by atoms with Gasteiger partial charge in [0.25, 0.3) is 0 Å². The lowest BCUT2D eigenvalue weighted by Crippen LogP contribution is -2.25. The number of nitrogen functional groups attached to an aromatic ring is 1. The second kappa shape index (κ2) is 5.83. The summed E-state index contributed by atoms with van der Waals surface area (Å²) in [4.78, 5) is 0.188. The van der Waals surface area contributed by atoms with Gasteiger partial charge in [0.05, 0.1) is 4.90 Å². The summed E-state index contributed by atoms with van der Waals surface area (Å²) in [6.07, 6.45) is 0. The molecule has 4 nitrogen and oxygen atoms in total. The Morgan fingerprint density at radius 2 is 1.71 bits per heavy atom. The van der Waals surface area contributed by atoms with Crippen LogP contribution in [0.3, 0.4) is 0 Å². The third kappa shape index (κ3) is 3.40. The second-order valence-electron chi connectivity index (χ2n) is 4.90. The molecule has 0 aliphatic heterocycles. The Labute approximate surface area is 123 Å². The van der Waals surface area contributed by atoms with Gasteiger partial charge >= 0.3 is 0 Å². The molecule has 0 bridgehead atoms. The minimum absolute atomic E-state index is 0.0989. The van der Waals surface area contributed by atoms with Gasteiger partial charge in [0, 0.05) is 17.8 Å². The minimum Gasteiger partial charge on any atom is -0.399 e. The predicted octanol–water partition coefficient (Wildman–Crippen LogP) is 2.50. The number of nitrogens with one attached hydrogen (secondary N) is 1. The van der Waals surface area contributed by atoms with E-state index in [1.807, 2.05) is 0 Å². The summed E-state index contributed by atoms with van der Waals surface area (Å²) in [5.74, 6) is -0.439. The molecule has 0 spiro atoms. The molecule has 0 aliphatic rings. The van der Waals surface area contributed by atoms with E-state index in [9.17, 15) is 12.8 Å². The highest BCUT2D eigenvalue weighted by molar-refractivity contribution is 7.89. The van der Waals surface area contributed by atoms with Crippen LogP contribution in [0.1, 0.15) is 16.7 Å². The fraction of sp³-hybridized carbons (Fsp3) is 0.200. The average molecular weight is 308 g/mol. The van der Waals surface area contributed by atoms with Crippen molar-refractivity contribution in [3.8, 4) is 0 Å². The van der Waals surface area contributed by atoms with Gasteiger partial charge in [-0.3, -0.25) is 0 Å². The van der Waals surface area contributed by atoms with Crippen molar-refractivity contribution in [2.24, 2.45) is 0 Å². The van der Waals surface area contributed by atoms with Crippen LogP contribution in [-0.4, -0.2) is 8.42 Å². The minimum atomic E-state index is -3.73. The molecular formula is C15H17FN2O2S. The molecule has 6 heteroatoms. The lowest BCUT2D eigenvalue weighted by atomic mass is 10.1. The molecule has 0 saturated heterocycles. The summed E-state index contributed by atoms with van der Waals surface area (Å²) in [6.45, 7) is 3.26. The molecular weight excluding hydrogens is 291 g/mol. The molecule has 0 amide bonds. The quantitative estimate of drug-likeness (QED) is 0.852. The van der Waals surface area contributed by atoms with E-state index in [1.54, 1.807) is 44.2 Å². The molecule has 2 aromatic carbocycles. The molecule has 0 saturated carbocycles. The van der Waals surface area contributed by atoms with Gasteiger partial charge in [-0.15, -0.1) is 0 Å². The molecule has 112 valence electrons. The van der Waals surface area contributed by atoms with Gasteiger partial charge in [0.1, 0.15) is 5.82 Å². The van der Waals surface area contributed by atoms with E-state index < -0.39 is 15.8 Å². The fourth-order valence-electron chi connectivity index (χ4n) is 2.29. The van der Waals surface area contributed by atoms with Crippen LogP contribution >= 0.6 is 0 Å². The summed E-state index contributed by atoms with van der Waals surface area (Å²) in [5, 5.41) is 0. The number of hydrogen-bond donors (Lipinski definition) is 2. The third-order valence-corrected chi connectivity index (χ3v) is 4.87. The Morgan fingerprint density at radius 1 is 1.14 bits per heavy atom. The lowest BCUT2D eigenvalue weighted by molar-refractivity contribution is 0.573. The molecule has 0 radical (unpaired) electrons. The molecule has 3 N–H and O–H groups in total. The lowest BCUT2D eigenvalue weighted by Gasteiger charge is -2.13. The van der Waals surface area contributed by atoms with E-state index in [0.29, 0.717) is 22.4 Å². The van der Waals surface area contributed by atoms with Crippen LogP contribution < -0.4 is 10.5 Å². The maximum Gasteiger partial charge on any atom is 0.241 e. The van der Waals surface area contributed by atoms with Crippen molar-refractivity contribution in [1.29, 1.82) is 0 Å². The van der Waals surface area contributed by atoms with Crippen LogP contribution in [0.5, 0.6) is 0 Å². The highest BCUT2D eigenvalue weighted by Crippen LogP contribution is 2.23. The Hall–Kier alpha value is -1.92. The largest absolute Gasteiger partial charge is 0.399 e. The van der Waals surface area contributed by atoms with Crippen LogP contribution in [0.25, 0.3) is 0 Å². The van der Waals surface area contributed by atoms with Gasteiger partial charge in [0.2, 0.25) is 10.0 Å². The zero-order valence-electron chi connectivity index (χ0n) is 11.9. The molecule has 21 heavy (non-hydrogen) atoms. The van der Waals surface area contributed by atoms with Gasteiger partial charge in [-0.25, -0.2) is 17.5 Å². The molecule has 0 heterocycles. The smallest absolute Gasteiger partial charge is 0.241 e. The zero-order chi connectivity index (χ0) is 15.6. The summed E-state index contributed by atoms with van der Waals surface area (Å²) in [5.41, 5.74) is 7.63. The van der Waals surface area contributed by atoms with Crippen molar-refractivity contribution in [1.82, 2.24) is 4.72 Å². The number of aryl methyl sites for hydroxylation is 2. The SMILES string of the molecule is Cc1cc(N)cc(C)c1S(=O)(=O)NCc1ccccc1F. The Morgan fingerprint density at radius 3 is 2.29 bits per heavy atom. The van der Waals surface area contributed by atoms with Crippen molar-refractivity contribution < 1.29 is 12.8 Å². The van der Waals surface area contributed by atoms with E-state index in [0.717, 1.165) is 0 Å². The maximum atomic E-state index is 13.5. The molecule has 0 atom stereocenters. The first-order valence-electron chi connectivity index (χ1n) is 6.41. The summed E-state index contributed by atoms with van der Waals surface area (Å²) >= 11 is 0. The third-order valence-electron chi connectivity index (χ3n) is 3.16. The molecule has 0 aliphatic carbocycles. The van der Waals surface area contributed by atoms with Crippen molar-refractivity contribution in [3.63, 3.8) is 0 Å². The van der Waals surface area contributed by atoms with Gasteiger partial charge < -0.3 is 5.73 Å². The number of anilines is 1. The number of nitrogens with two attached hydrogens (primary N) is 1. The highest BCUT2D eigenvalue weighted by atomic mass is 32.2. The van der Waals surface area contributed by atoms with Gasteiger partial charge in [-0.1, -0.05) is 18.2 Å². The summed E-state index contributed by atoms with van der Waals surface area (Å²) < 4.78 is 40.7. The molecule has 0 fully saturated rings. The summed E-state index contributed by atoms with van der Waals surface area (Å²) in [6, 6.07) is 9.26. The fourth-order valence-corrected chi connectivity index (χ4v) is 3.75. The van der Waals surface area contributed by atoms with Crippen LogP contribution in [-0.2, 0) is 16.6 Å². The van der Waals surface area contributed by atoms with Crippen LogP contribution in [0.4, 0.5) is 10.1 Å². The van der Waals surface area contributed by atoms with Crippen molar-refractivity contribution >= 4 is 15.7 Å². The van der Waals surface area contributed by atoms with Gasteiger partial charge in [0.15, 0.2) is 0 Å². The number of halogens is 1. The van der Waals surface area contributed by atoms with Crippen LogP contribution in [0, 0.1) is 19.7 Å². The predicted molar refractivity (Wildman–Crippen MR) is 80.8 cm³/mol. The van der Waals surface area contributed by atoms with Crippen molar-refractivity contribution in [3.05, 3.63) is 58.9 Å². The van der Waals surface area contributed by atoms with Crippen molar-refractivity contribution in [2.75, 3.05) is 5.73 Å². The first-order chi connectivity index (χ1) is 9.81. The first kappa shape index (κ1) is 15.5. The molecule has 2 aromatic rings. The van der Waals surface area contributed by atoms with E-state index in [-0.39, 0.29) is 11.4 Å². The number of rotatable bonds is 4. The normalized spacial score (nSPS) is 11.6. The molecule has 0 unspecified atom stereocenters. The maximum absolute atomic E-state index is 13.5. The number of hydrogen-bond acceptors (Lipinski definition) is 3. The Bertz CT molecular complexity index is 750. The van der Waals surface area contributed by atoms with Crippen molar-refractivity contribution in [2.45, 2.75) is 25.3 Å². The average Bonchev–Trinajstić information content (AvgIpc) is 2.36. The van der Waals surface area contributed by atoms with Gasteiger partial charge in [-0.05, 0) is 43.2 Å². The standard InChI is InChI=1S/C15H17FN2O2S/c1-10-7-13(17)8-11(2)15(10)21(19,20)18-9-12-5-3-4-6-14(12)16/h3-8,18H,9,17H2,1-2H3. The summed E-state index contributed by atoms with van der Waals surface area (Å²) in [7, 11) is -3.73. The monoisotopic (exact) mass is 308 g/mol. The zero-order valence-corrected chi connectivity index (χ0v) is 12.7. The Kier molecular flexibility index (Phi) is 4.29. The first-order valence-corrected chi connectivity index (χ1v) is 7.89. The highest BCUT2D eigenvalue weighted by Gasteiger charge is 2.20. The van der Waals surface area contributed by atoms with E-state index in [2.05, 4.69) is 4.72 Å². The topological polar surface area (TPSA) is 72.2 Å². The molecule has 0 aromatic heterocycles. The number of benzene rings is 2. The second-order valence-corrected chi connectivity index (χ2v) is 6.60. The van der Waals surface area contributed by atoms with Gasteiger partial charge in [-0.2, -0.15) is 0 Å². The van der Waals surface area contributed by atoms with Crippen LogP contribution in [0.15, 0.2) is 41.3 Å². The number of sulfonamides is 1. The molecule has 2 rings (SSSR count). The Balaban J connectivity index is 2.30.